The average molecular weight is 349 g/mol. The van der Waals surface area contributed by atoms with Gasteiger partial charge in [0.05, 0.1) is 10.7 Å². The molecule has 3 rings (SSSR count). The largest absolute Gasteiger partial charge is 0.366 e. The van der Waals surface area contributed by atoms with E-state index in [0.29, 0.717) is 21.3 Å². The second kappa shape index (κ2) is 6.22. The van der Waals surface area contributed by atoms with Crippen LogP contribution in [0.25, 0.3) is 0 Å². The maximum atomic E-state index is 12.4. The van der Waals surface area contributed by atoms with Crippen molar-refractivity contribution < 1.29 is 9.59 Å². The first kappa shape index (κ1) is 15.8. The highest BCUT2D eigenvalue weighted by atomic mass is 35.5. The summed E-state index contributed by atoms with van der Waals surface area (Å²) >= 11 is 12.2. The number of hydrogen-bond donors (Lipinski definition) is 2. The number of carbonyl (C=O) groups excluding carboxylic acids is 2. The number of nitrogens with one attached hydrogen (secondary N) is 1. The van der Waals surface area contributed by atoms with Crippen LogP contribution in [0.4, 0.5) is 5.69 Å². The second-order valence-electron chi connectivity index (χ2n) is 5.52. The van der Waals surface area contributed by atoms with Crippen LogP contribution >= 0.6 is 23.2 Å². The lowest BCUT2D eigenvalue weighted by Gasteiger charge is -2.09. The van der Waals surface area contributed by atoms with Crippen molar-refractivity contribution >= 4 is 40.7 Å². The Labute approximate surface area is 143 Å². The number of benzene rings is 2. The van der Waals surface area contributed by atoms with Crippen LogP contribution in [-0.2, 0) is 4.79 Å². The smallest absolute Gasteiger partial charge is 0.248 e. The molecule has 118 valence electrons. The molecule has 2 aromatic rings. The summed E-state index contributed by atoms with van der Waals surface area (Å²) in [6.07, 6.45) is 0.739. The minimum absolute atomic E-state index is 0.113. The molecular formula is C17H14Cl2N2O2. The average Bonchev–Trinajstić information content (AvgIpc) is 3.30. The van der Waals surface area contributed by atoms with E-state index in [1.165, 1.54) is 18.2 Å². The number of nitrogens with two attached hydrogens (primary N) is 1. The van der Waals surface area contributed by atoms with Gasteiger partial charge in [-0.1, -0.05) is 41.4 Å². The Morgan fingerprint density at radius 2 is 1.83 bits per heavy atom. The van der Waals surface area contributed by atoms with Gasteiger partial charge in [-0.2, -0.15) is 0 Å². The number of hydrogen-bond acceptors (Lipinski definition) is 2. The predicted molar refractivity (Wildman–Crippen MR) is 90.9 cm³/mol. The third-order valence-electron chi connectivity index (χ3n) is 3.94. The molecule has 1 saturated carbocycles. The van der Waals surface area contributed by atoms with Gasteiger partial charge < -0.3 is 11.1 Å². The molecule has 2 aromatic carbocycles. The molecule has 0 radical (unpaired) electrons. The van der Waals surface area contributed by atoms with E-state index in [2.05, 4.69) is 5.32 Å². The molecule has 4 nitrogen and oxygen atoms in total. The zero-order valence-corrected chi connectivity index (χ0v) is 13.6. The van der Waals surface area contributed by atoms with Crippen LogP contribution in [0.1, 0.15) is 28.3 Å². The highest BCUT2D eigenvalue weighted by molar-refractivity contribution is 6.34. The molecule has 0 aromatic heterocycles. The molecule has 0 aliphatic heterocycles. The van der Waals surface area contributed by atoms with Crippen LogP contribution in [0.3, 0.4) is 0 Å². The molecule has 1 aliphatic rings. The van der Waals surface area contributed by atoms with E-state index in [-0.39, 0.29) is 17.7 Å². The highest BCUT2D eigenvalue weighted by Crippen LogP contribution is 2.50. The molecular weight excluding hydrogens is 335 g/mol. The molecule has 0 heterocycles. The van der Waals surface area contributed by atoms with E-state index in [1.54, 1.807) is 0 Å². The third kappa shape index (κ3) is 3.33. The van der Waals surface area contributed by atoms with Gasteiger partial charge in [-0.05, 0) is 42.2 Å². The van der Waals surface area contributed by atoms with Crippen molar-refractivity contribution in [2.45, 2.75) is 12.3 Å². The first-order chi connectivity index (χ1) is 11.0. The van der Waals surface area contributed by atoms with Gasteiger partial charge in [0.25, 0.3) is 0 Å². The molecule has 6 heteroatoms. The van der Waals surface area contributed by atoms with E-state index in [0.717, 1.165) is 12.0 Å². The maximum Gasteiger partial charge on any atom is 0.248 e. The van der Waals surface area contributed by atoms with Crippen molar-refractivity contribution in [2.75, 3.05) is 5.32 Å². The second-order valence-corrected chi connectivity index (χ2v) is 6.33. The van der Waals surface area contributed by atoms with Gasteiger partial charge in [0, 0.05) is 16.5 Å². The first-order valence-electron chi connectivity index (χ1n) is 7.12. The minimum Gasteiger partial charge on any atom is -0.366 e. The lowest BCUT2D eigenvalue weighted by Crippen LogP contribution is -2.16. The zero-order valence-electron chi connectivity index (χ0n) is 12.1. The van der Waals surface area contributed by atoms with Gasteiger partial charge in [-0.25, -0.2) is 0 Å². The van der Waals surface area contributed by atoms with Crippen molar-refractivity contribution in [1.82, 2.24) is 0 Å². The summed E-state index contributed by atoms with van der Waals surface area (Å²) in [6, 6.07) is 12.0. The van der Waals surface area contributed by atoms with Crippen LogP contribution in [-0.4, -0.2) is 11.8 Å². The number of anilines is 1. The van der Waals surface area contributed by atoms with Crippen molar-refractivity contribution in [1.29, 1.82) is 0 Å². The lowest BCUT2D eigenvalue weighted by molar-refractivity contribution is -0.117. The zero-order chi connectivity index (χ0) is 16.6. The van der Waals surface area contributed by atoms with E-state index in [4.69, 9.17) is 28.9 Å². The molecule has 1 fully saturated rings. The molecule has 3 N–H and O–H groups in total. The Morgan fingerprint density at radius 1 is 1.09 bits per heavy atom. The monoisotopic (exact) mass is 348 g/mol. The van der Waals surface area contributed by atoms with E-state index >= 15 is 0 Å². The molecule has 2 atom stereocenters. The first-order valence-corrected chi connectivity index (χ1v) is 7.87. The van der Waals surface area contributed by atoms with Crippen molar-refractivity contribution in [3.63, 3.8) is 0 Å². The normalized spacial score (nSPS) is 19.2. The quantitative estimate of drug-likeness (QED) is 0.880. The lowest BCUT2D eigenvalue weighted by atomic mass is 10.1. The maximum absolute atomic E-state index is 12.4. The highest BCUT2D eigenvalue weighted by Gasteiger charge is 2.44. The topological polar surface area (TPSA) is 72.2 Å². The molecule has 1 aliphatic carbocycles. The van der Waals surface area contributed by atoms with Crippen LogP contribution in [0.2, 0.25) is 10.0 Å². The van der Waals surface area contributed by atoms with Gasteiger partial charge in [-0.15, -0.1) is 0 Å². The number of primary amides is 1. The summed E-state index contributed by atoms with van der Waals surface area (Å²) < 4.78 is 0. The predicted octanol–water partition coefficient (Wildman–Crippen LogP) is 3.83. The van der Waals surface area contributed by atoms with E-state index in [9.17, 15) is 9.59 Å². The summed E-state index contributed by atoms with van der Waals surface area (Å²) in [5.74, 6) is -0.749. The summed E-state index contributed by atoms with van der Waals surface area (Å²) in [4.78, 5) is 23.6. The number of amides is 2. The third-order valence-corrected chi connectivity index (χ3v) is 4.61. The van der Waals surface area contributed by atoms with Gasteiger partial charge in [0.15, 0.2) is 0 Å². The SMILES string of the molecule is NC(=O)c1ccc(Cl)c(NC(=O)[C@@H]2C[C@@H]2c2ccccc2Cl)c1. The van der Waals surface area contributed by atoms with Crippen LogP contribution in [0.15, 0.2) is 42.5 Å². The van der Waals surface area contributed by atoms with Crippen LogP contribution in [0, 0.1) is 5.92 Å². The fourth-order valence-corrected chi connectivity index (χ4v) is 3.04. The Balaban J connectivity index is 1.73. The Kier molecular flexibility index (Phi) is 4.28. The van der Waals surface area contributed by atoms with Crippen LogP contribution in [0.5, 0.6) is 0 Å². The molecule has 23 heavy (non-hydrogen) atoms. The molecule has 0 unspecified atom stereocenters. The van der Waals surface area contributed by atoms with Gasteiger partial charge in [0.1, 0.15) is 0 Å². The van der Waals surface area contributed by atoms with Crippen molar-refractivity contribution in [3.8, 4) is 0 Å². The van der Waals surface area contributed by atoms with Gasteiger partial charge in [0.2, 0.25) is 11.8 Å². The molecule has 0 bridgehead atoms. The standard InChI is InChI=1S/C17H14Cl2N2O2/c18-13-4-2-1-3-10(13)11-8-12(11)17(23)21-15-7-9(16(20)22)5-6-14(15)19/h1-7,11-12H,8H2,(H2,20,22)(H,21,23)/t11-,12-/m1/s1. The Hall–Kier alpha value is -2.04. The molecule has 0 saturated heterocycles. The van der Waals surface area contributed by atoms with Crippen molar-refractivity contribution in [3.05, 3.63) is 63.6 Å². The Bertz CT molecular complexity index is 792. The van der Waals surface area contributed by atoms with Gasteiger partial charge >= 0.3 is 0 Å². The van der Waals surface area contributed by atoms with E-state index < -0.39 is 5.91 Å². The summed E-state index contributed by atoms with van der Waals surface area (Å²) in [5.41, 5.74) is 6.90. The summed E-state index contributed by atoms with van der Waals surface area (Å²) in [7, 11) is 0. The molecule has 2 amide bonds. The number of halogens is 2. The fourth-order valence-electron chi connectivity index (χ4n) is 2.60. The van der Waals surface area contributed by atoms with Crippen LogP contribution < -0.4 is 11.1 Å². The summed E-state index contributed by atoms with van der Waals surface area (Å²) in [6.45, 7) is 0. The number of rotatable bonds is 4. The molecule has 0 spiro atoms. The number of carbonyl (C=O) groups is 2. The Morgan fingerprint density at radius 3 is 2.52 bits per heavy atom. The minimum atomic E-state index is -0.572. The fraction of sp³-hybridized carbons (Fsp3) is 0.176. The van der Waals surface area contributed by atoms with Gasteiger partial charge in [-0.3, -0.25) is 9.59 Å². The van der Waals surface area contributed by atoms with E-state index in [1.807, 2.05) is 24.3 Å². The van der Waals surface area contributed by atoms with Crippen molar-refractivity contribution in [2.24, 2.45) is 11.7 Å². The summed E-state index contributed by atoms with van der Waals surface area (Å²) in [5, 5.41) is 3.79.